The number of methoxy groups -OCH3 is 1. The summed E-state index contributed by atoms with van der Waals surface area (Å²) in [5.41, 5.74) is 1.25. The topological polar surface area (TPSA) is 43.6 Å². The van der Waals surface area contributed by atoms with E-state index in [0.717, 1.165) is 5.52 Å². The van der Waals surface area contributed by atoms with E-state index in [2.05, 4.69) is 9.84 Å². The van der Waals surface area contributed by atoms with Crippen molar-refractivity contribution in [3.63, 3.8) is 0 Å². The summed E-state index contributed by atoms with van der Waals surface area (Å²) in [5.74, 6) is -0.360. The van der Waals surface area contributed by atoms with Gasteiger partial charge in [-0.1, -0.05) is 19.9 Å². The highest BCUT2D eigenvalue weighted by molar-refractivity contribution is 5.96. The van der Waals surface area contributed by atoms with Crippen molar-refractivity contribution in [1.29, 1.82) is 0 Å². The number of fused-ring (bicyclic) bond motifs is 1. The van der Waals surface area contributed by atoms with Crippen molar-refractivity contribution in [2.24, 2.45) is 0 Å². The molecule has 0 saturated heterocycles. The molecule has 2 rings (SSSR count). The number of esters is 1. The van der Waals surface area contributed by atoms with Gasteiger partial charge in [-0.25, -0.2) is 9.31 Å². The molecule has 0 aliphatic rings. The normalized spacial score (nSPS) is 9.27. The molecule has 0 spiro atoms. The molecule has 4 nitrogen and oxygen atoms in total. The van der Waals surface area contributed by atoms with Crippen LogP contribution in [-0.2, 0) is 4.74 Å². The number of ether oxygens (including phenoxy) is 1. The minimum absolute atomic E-state index is 0.360. The number of nitrogens with zero attached hydrogens (tertiary/aromatic N) is 2. The molecule has 2 heterocycles. The number of hydrogen-bond acceptors (Lipinski definition) is 3. The maximum atomic E-state index is 11.2. The maximum absolute atomic E-state index is 11.2. The predicted molar refractivity (Wildman–Crippen MR) is 57.9 cm³/mol. The van der Waals surface area contributed by atoms with Gasteiger partial charge in [0, 0.05) is 6.20 Å². The standard InChI is InChI=1S/C9H8N2O2.C2H6/c1-13-9(12)7-6-10-11-5-3-2-4-8(7)11;1-2/h2-6H,1H3;1-2H3. The number of rotatable bonds is 1. The molecule has 0 bridgehead atoms. The Balaban J connectivity index is 0.000000531. The van der Waals surface area contributed by atoms with Crippen molar-refractivity contribution >= 4 is 11.5 Å². The zero-order chi connectivity index (χ0) is 11.3. The highest BCUT2D eigenvalue weighted by atomic mass is 16.5. The molecule has 0 saturated carbocycles. The Bertz CT molecular complexity index is 449. The van der Waals surface area contributed by atoms with E-state index < -0.39 is 0 Å². The lowest BCUT2D eigenvalue weighted by atomic mass is 10.3. The van der Waals surface area contributed by atoms with Gasteiger partial charge in [0.15, 0.2) is 0 Å². The fraction of sp³-hybridized carbons (Fsp3) is 0.273. The number of aromatic nitrogens is 2. The third kappa shape index (κ3) is 2.15. The van der Waals surface area contributed by atoms with E-state index in [9.17, 15) is 4.79 Å². The first-order valence-electron chi connectivity index (χ1n) is 4.83. The molecule has 0 unspecified atom stereocenters. The number of hydrogen-bond donors (Lipinski definition) is 0. The van der Waals surface area contributed by atoms with Gasteiger partial charge in [0.1, 0.15) is 5.56 Å². The molecule has 4 heteroatoms. The smallest absolute Gasteiger partial charge is 0.341 e. The van der Waals surface area contributed by atoms with Gasteiger partial charge in [-0.2, -0.15) is 5.10 Å². The Labute approximate surface area is 88.5 Å². The van der Waals surface area contributed by atoms with Crippen molar-refractivity contribution in [1.82, 2.24) is 9.61 Å². The first-order valence-corrected chi connectivity index (χ1v) is 4.83. The van der Waals surface area contributed by atoms with Crippen LogP contribution >= 0.6 is 0 Å². The quantitative estimate of drug-likeness (QED) is 0.671. The van der Waals surface area contributed by atoms with Crippen LogP contribution in [0.5, 0.6) is 0 Å². The van der Waals surface area contributed by atoms with E-state index in [-0.39, 0.29) is 5.97 Å². The molecular formula is C11H14N2O2. The Morgan fingerprint density at radius 2 is 2.13 bits per heavy atom. The fourth-order valence-electron chi connectivity index (χ4n) is 1.20. The Morgan fingerprint density at radius 3 is 2.80 bits per heavy atom. The molecule has 80 valence electrons. The second-order valence-electron chi connectivity index (χ2n) is 2.58. The van der Waals surface area contributed by atoms with Gasteiger partial charge < -0.3 is 4.74 Å². The molecule has 0 N–H and O–H groups in total. The molecule has 15 heavy (non-hydrogen) atoms. The Hall–Kier alpha value is -1.84. The maximum Gasteiger partial charge on any atom is 0.341 e. The van der Waals surface area contributed by atoms with Crippen LogP contribution in [-0.4, -0.2) is 22.7 Å². The Morgan fingerprint density at radius 1 is 1.40 bits per heavy atom. The summed E-state index contributed by atoms with van der Waals surface area (Å²) in [6.07, 6.45) is 3.28. The summed E-state index contributed by atoms with van der Waals surface area (Å²) in [6, 6.07) is 5.52. The van der Waals surface area contributed by atoms with Crippen LogP contribution in [0.15, 0.2) is 30.6 Å². The van der Waals surface area contributed by atoms with Gasteiger partial charge in [0.05, 0.1) is 18.8 Å². The summed E-state index contributed by atoms with van der Waals surface area (Å²) >= 11 is 0. The monoisotopic (exact) mass is 206 g/mol. The minimum Gasteiger partial charge on any atom is -0.465 e. The minimum atomic E-state index is -0.360. The van der Waals surface area contributed by atoms with Crippen LogP contribution in [0.3, 0.4) is 0 Å². The van der Waals surface area contributed by atoms with Crippen molar-refractivity contribution in [2.75, 3.05) is 7.11 Å². The van der Waals surface area contributed by atoms with Crippen molar-refractivity contribution < 1.29 is 9.53 Å². The first-order chi connectivity index (χ1) is 7.33. The van der Waals surface area contributed by atoms with Crippen LogP contribution in [0.4, 0.5) is 0 Å². The molecule has 0 aliphatic heterocycles. The Kier molecular flexibility index (Phi) is 3.85. The van der Waals surface area contributed by atoms with E-state index in [1.165, 1.54) is 13.3 Å². The van der Waals surface area contributed by atoms with Crippen molar-refractivity contribution in [3.05, 3.63) is 36.2 Å². The summed E-state index contributed by atoms with van der Waals surface area (Å²) in [7, 11) is 1.36. The number of carbonyl (C=O) groups excluding carboxylic acids is 1. The zero-order valence-corrected chi connectivity index (χ0v) is 9.10. The SMILES string of the molecule is CC.COC(=O)c1cnn2ccccc12. The lowest BCUT2D eigenvalue weighted by Crippen LogP contribution is -1.99. The van der Waals surface area contributed by atoms with Crippen LogP contribution in [0, 0.1) is 0 Å². The molecular weight excluding hydrogens is 192 g/mol. The highest BCUT2D eigenvalue weighted by Gasteiger charge is 2.11. The zero-order valence-electron chi connectivity index (χ0n) is 9.10. The molecule has 0 fully saturated rings. The van der Waals surface area contributed by atoms with E-state index in [0.29, 0.717) is 5.56 Å². The summed E-state index contributed by atoms with van der Waals surface area (Å²) in [6.45, 7) is 4.00. The van der Waals surface area contributed by atoms with Gasteiger partial charge in [-0.15, -0.1) is 0 Å². The first kappa shape index (κ1) is 11.2. The van der Waals surface area contributed by atoms with Gasteiger partial charge in [0.25, 0.3) is 0 Å². The lowest BCUT2D eigenvalue weighted by molar-refractivity contribution is 0.0603. The summed E-state index contributed by atoms with van der Waals surface area (Å²) in [5, 5.41) is 4.00. The van der Waals surface area contributed by atoms with Crippen LogP contribution in [0.2, 0.25) is 0 Å². The van der Waals surface area contributed by atoms with E-state index >= 15 is 0 Å². The molecule has 0 aromatic carbocycles. The summed E-state index contributed by atoms with van der Waals surface area (Å²) < 4.78 is 6.24. The molecule has 0 atom stereocenters. The van der Waals surface area contributed by atoms with E-state index in [1.807, 2.05) is 32.0 Å². The van der Waals surface area contributed by atoms with E-state index in [4.69, 9.17) is 0 Å². The molecule has 0 amide bonds. The third-order valence-corrected chi connectivity index (χ3v) is 1.83. The number of carbonyl (C=O) groups is 1. The summed E-state index contributed by atoms with van der Waals surface area (Å²) in [4.78, 5) is 11.2. The average molecular weight is 206 g/mol. The van der Waals surface area contributed by atoms with Gasteiger partial charge in [-0.05, 0) is 12.1 Å². The fourth-order valence-corrected chi connectivity index (χ4v) is 1.20. The molecule has 0 aliphatic carbocycles. The van der Waals surface area contributed by atoms with Crippen LogP contribution in [0.25, 0.3) is 5.52 Å². The van der Waals surface area contributed by atoms with E-state index in [1.54, 1.807) is 10.7 Å². The van der Waals surface area contributed by atoms with Gasteiger partial charge in [0.2, 0.25) is 0 Å². The molecule has 2 aromatic heterocycles. The van der Waals surface area contributed by atoms with Gasteiger partial charge >= 0.3 is 5.97 Å². The van der Waals surface area contributed by atoms with Crippen molar-refractivity contribution in [3.8, 4) is 0 Å². The van der Waals surface area contributed by atoms with Gasteiger partial charge in [-0.3, -0.25) is 0 Å². The second kappa shape index (κ2) is 5.14. The van der Waals surface area contributed by atoms with Crippen LogP contribution < -0.4 is 0 Å². The van der Waals surface area contributed by atoms with Crippen LogP contribution in [0.1, 0.15) is 24.2 Å². The van der Waals surface area contributed by atoms with Crippen molar-refractivity contribution in [2.45, 2.75) is 13.8 Å². The molecule has 0 radical (unpaired) electrons. The predicted octanol–water partition coefficient (Wildman–Crippen LogP) is 2.15. The third-order valence-electron chi connectivity index (χ3n) is 1.83. The average Bonchev–Trinajstić information content (AvgIpc) is 2.74. The number of pyridine rings is 1. The highest BCUT2D eigenvalue weighted by Crippen LogP contribution is 2.10. The molecule has 2 aromatic rings. The second-order valence-corrected chi connectivity index (χ2v) is 2.58. The lowest BCUT2D eigenvalue weighted by Gasteiger charge is -1.95. The largest absolute Gasteiger partial charge is 0.465 e.